The van der Waals surface area contributed by atoms with E-state index in [-0.39, 0.29) is 5.56 Å². The van der Waals surface area contributed by atoms with Crippen LogP contribution in [0.15, 0.2) is 29.1 Å². The van der Waals surface area contributed by atoms with Crippen LogP contribution in [0.4, 0.5) is 22.0 Å². The first-order chi connectivity index (χ1) is 8.77. The number of nitrogens with one attached hydrogen (secondary N) is 1. The monoisotopic (exact) mass is 276 g/mol. The first-order valence-corrected chi connectivity index (χ1v) is 4.91. The van der Waals surface area contributed by atoms with Crippen LogP contribution in [0.2, 0.25) is 0 Å². The maximum absolute atomic E-state index is 13.0. The summed E-state index contributed by atoms with van der Waals surface area (Å²) in [7, 11) is 0. The summed E-state index contributed by atoms with van der Waals surface area (Å²) in [5.74, 6) is -2.39. The highest BCUT2D eigenvalue weighted by Gasteiger charge is 2.32. The van der Waals surface area contributed by atoms with Crippen molar-refractivity contribution in [2.75, 3.05) is 0 Å². The molecule has 0 atom stereocenters. The molecule has 100 valence electrons. The standard InChI is InChI=1S/C11H5F5N2O/c12-6-2-1-5(3-7(6)13)8-4-9(11(14,15)16)18-10(19)17-8/h1-4H,(H,17,18,19). The lowest BCUT2D eigenvalue weighted by Gasteiger charge is -2.07. The molecule has 1 heterocycles. The lowest BCUT2D eigenvalue weighted by molar-refractivity contribution is -0.141. The molecule has 1 N–H and O–H groups in total. The van der Waals surface area contributed by atoms with Crippen LogP contribution < -0.4 is 5.69 Å². The van der Waals surface area contributed by atoms with Gasteiger partial charge < -0.3 is 4.98 Å². The molecule has 0 saturated heterocycles. The molecule has 0 spiro atoms. The van der Waals surface area contributed by atoms with E-state index in [0.29, 0.717) is 12.1 Å². The maximum atomic E-state index is 13.0. The molecule has 0 fully saturated rings. The highest BCUT2D eigenvalue weighted by molar-refractivity contribution is 5.59. The molecule has 2 aromatic rings. The van der Waals surface area contributed by atoms with Crippen LogP contribution >= 0.6 is 0 Å². The number of halogens is 5. The molecule has 3 nitrogen and oxygen atoms in total. The zero-order valence-corrected chi connectivity index (χ0v) is 9.05. The predicted octanol–water partition coefficient (Wildman–Crippen LogP) is 2.73. The molecule has 0 saturated carbocycles. The smallest absolute Gasteiger partial charge is 0.302 e. The Bertz CT molecular complexity index is 678. The van der Waals surface area contributed by atoms with Crippen molar-refractivity contribution < 1.29 is 22.0 Å². The second-order valence-electron chi connectivity index (χ2n) is 3.61. The van der Waals surface area contributed by atoms with E-state index in [2.05, 4.69) is 4.98 Å². The third-order valence-corrected chi connectivity index (χ3v) is 2.27. The molecule has 0 aliphatic carbocycles. The number of H-pyrrole nitrogens is 1. The summed E-state index contributed by atoms with van der Waals surface area (Å²) in [4.78, 5) is 15.9. The van der Waals surface area contributed by atoms with Crippen LogP contribution in [0.1, 0.15) is 5.69 Å². The molecule has 0 aliphatic rings. The average Bonchev–Trinajstić information content (AvgIpc) is 2.31. The second-order valence-corrected chi connectivity index (χ2v) is 3.61. The molecule has 0 radical (unpaired) electrons. The number of aromatic amines is 1. The van der Waals surface area contributed by atoms with Crippen molar-refractivity contribution in [1.82, 2.24) is 9.97 Å². The Morgan fingerprint density at radius 1 is 1.05 bits per heavy atom. The van der Waals surface area contributed by atoms with E-state index in [1.54, 1.807) is 0 Å². The Balaban J connectivity index is 2.59. The van der Waals surface area contributed by atoms with Crippen molar-refractivity contribution in [2.45, 2.75) is 6.18 Å². The quantitative estimate of drug-likeness (QED) is 0.814. The second kappa shape index (κ2) is 4.45. The molecule has 2 rings (SSSR count). The van der Waals surface area contributed by atoms with Crippen LogP contribution in [0.25, 0.3) is 11.3 Å². The number of alkyl halides is 3. The fourth-order valence-corrected chi connectivity index (χ4v) is 1.41. The van der Waals surface area contributed by atoms with Crippen molar-refractivity contribution in [3.63, 3.8) is 0 Å². The molecule has 0 unspecified atom stereocenters. The summed E-state index contributed by atoms with van der Waals surface area (Å²) in [6.07, 6.45) is -4.77. The van der Waals surface area contributed by atoms with Crippen LogP contribution in [-0.2, 0) is 6.18 Å². The molecular formula is C11H5F5N2O. The maximum Gasteiger partial charge on any atom is 0.431 e. The number of nitrogens with zero attached hydrogens (tertiary/aromatic N) is 1. The lowest BCUT2D eigenvalue weighted by atomic mass is 10.1. The Morgan fingerprint density at radius 3 is 2.32 bits per heavy atom. The van der Waals surface area contributed by atoms with E-state index in [9.17, 15) is 26.7 Å². The molecule has 19 heavy (non-hydrogen) atoms. The topological polar surface area (TPSA) is 45.8 Å². The van der Waals surface area contributed by atoms with Gasteiger partial charge in [0, 0.05) is 5.56 Å². The van der Waals surface area contributed by atoms with Gasteiger partial charge in [-0.3, -0.25) is 0 Å². The highest BCUT2D eigenvalue weighted by atomic mass is 19.4. The van der Waals surface area contributed by atoms with Crippen molar-refractivity contribution in [3.05, 3.63) is 52.1 Å². The van der Waals surface area contributed by atoms with E-state index in [4.69, 9.17) is 0 Å². The van der Waals surface area contributed by atoms with Crippen LogP contribution in [-0.4, -0.2) is 9.97 Å². The van der Waals surface area contributed by atoms with Crippen molar-refractivity contribution in [1.29, 1.82) is 0 Å². The number of hydrogen-bond acceptors (Lipinski definition) is 2. The third-order valence-electron chi connectivity index (χ3n) is 2.27. The van der Waals surface area contributed by atoms with Gasteiger partial charge in [-0.05, 0) is 24.3 Å². The fraction of sp³-hybridized carbons (Fsp3) is 0.0909. The molecule has 0 bridgehead atoms. The third kappa shape index (κ3) is 2.78. The minimum atomic E-state index is -4.77. The zero-order valence-electron chi connectivity index (χ0n) is 9.05. The summed E-state index contributed by atoms with van der Waals surface area (Å²) < 4.78 is 63.1. The lowest BCUT2D eigenvalue weighted by Crippen LogP contribution is -2.19. The SMILES string of the molecule is O=c1nc(-c2ccc(F)c(F)c2)cc(C(F)(F)F)[nH]1. The van der Waals surface area contributed by atoms with Gasteiger partial charge in [0.1, 0.15) is 5.69 Å². The van der Waals surface area contributed by atoms with Crippen molar-refractivity contribution >= 4 is 0 Å². The Kier molecular flexibility index (Phi) is 3.09. The molecule has 1 aromatic carbocycles. The molecule has 1 aromatic heterocycles. The van der Waals surface area contributed by atoms with Gasteiger partial charge in [0.15, 0.2) is 11.6 Å². The van der Waals surface area contributed by atoms with Gasteiger partial charge in [0.25, 0.3) is 0 Å². The summed E-state index contributed by atoms with van der Waals surface area (Å²) in [5.41, 5.74) is -3.06. The molecule has 0 aliphatic heterocycles. The minimum absolute atomic E-state index is 0.129. The Labute approximate surface area is 102 Å². The number of aromatic nitrogens is 2. The van der Waals surface area contributed by atoms with E-state index in [1.165, 1.54) is 4.98 Å². The van der Waals surface area contributed by atoms with E-state index in [1.807, 2.05) is 0 Å². The minimum Gasteiger partial charge on any atom is -0.302 e. The summed E-state index contributed by atoms with van der Waals surface area (Å²) in [6.45, 7) is 0. The highest BCUT2D eigenvalue weighted by Crippen LogP contribution is 2.29. The van der Waals surface area contributed by atoms with E-state index in [0.717, 1.165) is 12.1 Å². The average molecular weight is 276 g/mol. The van der Waals surface area contributed by atoms with Crippen LogP contribution in [0.3, 0.4) is 0 Å². The zero-order chi connectivity index (χ0) is 14.2. The Morgan fingerprint density at radius 2 is 1.74 bits per heavy atom. The first-order valence-electron chi connectivity index (χ1n) is 4.91. The molecular weight excluding hydrogens is 271 g/mol. The summed E-state index contributed by atoms with van der Waals surface area (Å²) in [5, 5.41) is 0. The van der Waals surface area contributed by atoms with Gasteiger partial charge in [0.05, 0.1) is 5.69 Å². The van der Waals surface area contributed by atoms with Gasteiger partial charge in [-0.2, -0.15) is 18.2 Å². The molecule has 8 heteroatoms. The number of rotatable bonds is 1. The Hall–Kier alpha value is -2.25. The largest absolute Gasteiger partial charge is 0.431 e. The van der Waals surface area contributed by atoms with Gasteiger partial charge in [-0.15, -0.1) is 0 Å². The van der Waals surface area contributed by atoms with Crippen molar-refractivity contribution in [3.8, 4) is 11.3 Å². The fourth-order valence-electron chi connectivity index (χ4n) is 1.41. The van der Waals surface area contributed by atoms with E-state index < -0.39 is 34.9 Å². The summed E-state index contributed by atoms with van der Waals surface area (Å²) >= 11 is 0. The number of benzene rings is 1. The van der Waals surface area contributed by atoms with Crippen LogP contribution in [0.5, 0.6) is 0 Å². The normalized spacial score (nSPS) is 11.6. The predicted molar refractivity (Wildman–Crippen MR) is 55.2 cm³/mol. The van der Waals surface area contributed by atoms with Crippen LogP contribution in [0, 0.1) is 11.6 Å². The van der Waals surface area contributed by atoms with Gasteiger partial charge in [-0.25, -0.2) is 13.6 Å². The number of hydrogen-bond donors (Lipinski definition) is 1. The first kappa shape index (κ1) is 13.2. The van der Waals surface area contributed by atoms with Gasteiger partial charge >= 0.3 is 11.9 Å². The van der Waals surface area contributed by atoms with Gasteiger partial charge in [0.2, 0.25) is 0 Å². The summed E-state index contributed by atoms with van der Waals surface area (Å²) in [6, 6.07) is 2.98. The molecule has 0 amide bonds. The van der Waals surface area contributed by atoms with Crippen molar-refractivity contribution in [2.24, 2.45) is 0 Å². The van der Waals surface area contributed by atoms with Gasteiger partial charge in [-0.1, -0.05) is 0 Å². The van der Waals surface area contributed by atoms with E-state index >= 15 is 0 Å².